The average Bonchev–Trinajstić information content (AvgIpc) is 2.86. The van der Waals surface area contributed by atoms with E-state index in [-0.39, 0.29) is 10.8 Å². The van der Waals surface area contributed by atoms with Gasteiger partial charge in [-0.1, -0.05) is 51.8 Å². The highest BCUT2D eigenvalue weighted by molar-refractivity contribution is 5.49. The van der Waals surface area contributed by atoms with E-state index in [0.29, 0.717) is 0 Å². The molecule has 2 nitrogen and oxygen atoms in total. The number of methoxy groups -OCH3 is 1. The van der Waals surface area contributed by atoms with Crippen LogP contribution in [0.4, 0.5) is 0 Å². The van der Waals surface area contributed by atoms with Gasteiger partial charge in [-0.2, -0.15) is 0 Å². The van der Waals surface area contributed by atoms with Gasteiger partial charge in [-0.05, 0) is 23.8 Å². The van der Waals surface area contributed by atoms with Crippen LogP contribution in [0.3, 0.4) is 0 Å². The molecular formula is C17H27NO. The largest absolute Gasteiger partial charge is 0.496 e. The quantitative estimate of drug-likeness (QED) is 0.899. The first-order valence-electron chi connectivity index (χ1n) is 7.33. The Morgan fingerprint density at radius 3 is 2.32 bits per heavy atom. The number of hydrogen-bond acceptors (Lipinski definition) is 2. The van der Waals surface area contributed by atoms with Crippen molar-refractivity contribution in [2.75, 3.05) is 13.7 Å². The highest BCUT2D eigenvalue weighted by Crippen LogP contribution is 2.46. The molecule has 1 aromatic rings. The Kier molecular flexibility index (Phi) is 3.91. The highest BCUT2D eigenvalue weighted by Gasteiger charge is 2.37. The molecule has 0 bridgehead atoms. The van der Waals surface area contributed by atoms with Gasteiger partial charge in [-0.25, -0.2) is 0 Å². The summed E-state index contributed by atoms with van der Waals surface area (Å²) in [7, 11) is 1.78. The third kappa shape index (κ3) is 2.51. The molecule has 0 atom stereocenters. The second-order valence-corrected chi connectivity index (χ2v) is 6.83. The number of nitrogens with two attached hydrogens (primary N) is 1. The van der Waals surface area contributed by atoms with Gasteiger partial charge in [-0.3, -0.25) is 0 Å². The molecule has 2 N–H and O–H groups in total. The van der Waals surface area contributed by atoms with Crippen molar-refractivity contribution in [3.63, 3.8) is 0 Å². The molecule has 1 fully saturated rings. The number of ether oxygens (including phenoxy) is 1. The average molecular weight is 261 g/mol. The van der Waals surface area contributed by atoms with Gasteiger partial charge in [0.1, 0.15) is 5.75 Å². The molecule has 1 aliphatic carbocycles. The summed E-state index contributed by atoms with van der Waals surface area (Å²) in [6, 6.07) is 6.56. The van der Waals surface area contributed by atoms with Gasteiger partial charge in [-0.15, -0.1) is 0 Å². The van der Waals surface area contributed by atoms with E-state index in [1.807, 2.05) is 0 Å². The van der Waals surface area contributed by atoms with Gasteiger partial charge in [0, 0.05) is 17.5 Å². The van der Waals surface area contributed by atoms with Crippen LogP contribution in [-0.2, 0) is 10.8 Å². The minimum atomic E-state index is 0.0930. The van der Waals surface area contributed by atoms with E-state index in [0.717, 1.165) is 12.3 Å². The monoisotopic (exact) mass is 261 g/mol. The first kappa shape index (κ1) is 14.4. The molecule has 0 aromatic heterocycles. The van der Waals surface area contributed by atoms with E-state index in [4.69, 9.17) is 10.5 Å². The number of para-hydroxylation sites is 1. The molecule has 2 rings (SSSR count). The number of hydrogen-bond donors (Lipinski definition) is 1. The Hall–Kier alpha value is -1.02. The Bertz CT molecular complexity index is 439. The summed E-state index contributed by atoms with van der Waals surface area (Å²) in [5.74, 6) is 1.06. The molecule has 0 spiro atoms. The fourth-order valence-electron chi connectivity index (χ4n) is 3.40. The fraction of sp³-hybridized carbons (Fsp3) is 0.647. The Labute approximate surface area is 117 Å². The SMILES string of the molecule is COc1c(C(C)(C)C)cccc1C1(CN)CCCC1. The third-order valence-corrected chi connectivity index (χ3v) is 4.55. The summed E-state index contributed by atoms with van der Waals surface area (Å²) < 4.78 is 5.79. The molecule has 0 unspecified atom stereocenters. The summed E-state index contributed by atoms with van der Waals surface area (Å²) in [5.41, 5.74) is 8.96. The van der Waals surface area contributed by atoms with E-state index in [2.05, 4.69) is 39.0 Å². The maximum absolute atomic E-state index is 6.13. The highest BCUT2D eigenvalue weighted by atomic mass is 16.5. The lowest BCUT2D eigenvalue weighted by molar-refractivity contribution is 0.365. The first-order valence-corrected chi connectivity index (χ1v) is 7.33. The van der Waals surface area contributed by atoms with Gasteiger partial charge < -0.3 is 10.5 Å². The molecule has 106 valence electrons. The van der Waals surface area contributed by atoms with Crippen LogP contribution in [-0.4, -0.2) is 13.7 Å². The van der Waals surface area contributed by atoms with Gasteiger partial charge in [0.25, 0.3) is 0 Å². The van der Waals surface area contributed by atoms with Crippen molar-refractivity contribution in [2.45, 2.75) is 57.3 Å². The lowest BCUT2D eigenvalue weighted by atomic mass is 9.75. The maximum atomic E-state index is 6.13. The lowest BCUT2D eigenvalue weighted by Gasteiger charge is -2.32. The van der Waals surface area contributed by atoms with Crippen LogP contribution in [0, 0.1) is 0 Å². The predicted octanol–water partition coefficient (Wildman–Crippen LogP) is 3.76. The van der Waals surface area contributed by atoms with Crippen molar-refractivity contribution < 1.29 is 4.74 Å². The molecular weight excluding hydrogens is 234 g/mol. The molecule has 0 amide bonds. The van der Waals surface area contributed by atoms with Crippen LogP contribution >= 0.6 is 0 Å². The number of benzene rings is 1. The molecule has 0 radical (unpaired) electrons. The van der Waals surface area contributed by atoms with Crippen molar-refractivity contribution in [3.8, 4) is 5.75 Å². The third-order valence-electron chi connectivity index (χ3n) is 4.55. The van der Waals surface area contributed by atoms with Crippen LogP contribution in [0.5, 0.6) is 5.75 Å². The van der Waals surface area contributed by atoms with Gasteiger partial charge in [0.05, 0.1) is 7.11 Å². The normalized spacial score (nSPS) is 18.6. The second-order valence-electron chi connectivity index (χ2n) is 6.83. The predicted molar refractivity (Wildman–Crippen MR) is 80.9 cm³/mol. The maximum Gasteiger partial charge on any atom is 0.126 e. The van der Waals surface area contributed by atoms with Crippen LogP contribution in [0.25, 0.3) is 0 Å². The first-order chi connectivity index (χ1) is 8.94. The van der Waals surface area contributed by atoms with Crippen molar-refractivity contribution in [1.29, 1.82) is 0 Å². The Balaban J connectivity index is 2.57. The molecule has 0 aliphatic heterocycles. The molecule has 1 aliphatic rings. The van der Waals surface area contributed by atoms with Crippen LogP contribution in [0.1, 0.15) is 57.6 Å². The molecule has 19 heavy (non-hydrogen) atoms. The molecule has 0 saturated heterocycles. The van der Waals surface area contributed by atoms with Crippen LogP contribution in [0.15, 0.2) is 18.2 Å². The van der Waals surface area contributed by atoms with Crippen LogP contribution in [0.2, 0.25) is 0 Å². The molecule has 1 saturated carbocycles. The summed E-state index contributed by atoms with van der Waals surface area (Å²) in [6.07, 6.45) is 4.93. The van der Waals surface area contributed by atoms with Crippen molar-refractivity contribution in [2.24, 2.45) is 5.73 Å². The van der Waals surface area contributed by atoms with Crippen molar-refractivity contribution in [1.82, 2.24) is 0 Å². The van der Waals surface area contributed by atoms with Crippen LogP contribution < -0.4 is 10.5 Å². The number of rotatable bonds is 3. The van der Waals surface area contributed by atoms with E-state index < -0.39 is 0 Å². The fourth-order valence-corrected chi connectivity index (χ4v) is 3.40. The molecule has 2 heteroatoms. The Morgan fingerprint density at radius 2 is 1.84 bits per heavy atom. The van der Waals surface area contributed by atoms with Crippen molar-refractivity contribution in [3.05, 3.63) is 29.3 Å². The van der Waals surface area contributed by atoms with Crippen molar-refractivity contribution >= 4 is 0 Å². The summed E-state index contributed by atoms with van der Waals surface area (Å²) in [4.78, 5) is 0. The zero-order valence-corrected chi connectivity index (χ0v) is 12.8. The minimum Gasteiger partial charge on any atom is -0.496 e. The van der Waals surface area contributed by atoms with Gasteiger partial charge in [0.15, 0.2) is 0 Å². The van der Waals surface area contributed by atoms with Gasteiger partial charge >= 0.3 is 0 Å². The smallest absolute Gasteiger partial charge is 0.126 e. The van der Waals surface area contributed by atoms with E-state index in [1.165, 1.54) is 36.8 Å². The standard InChI is InChI=1S/C17H27NO/c1-16(2,3)13-8-7-9-14(15(13)19-4)17(12-18)10-5-6-11-17/h7-9H,5-6,10-12,18H2,1-4H3. The van der Waals surface area contributed by atoms with E-state index in [1.54, 1.807) is 7.11 Å². The molecule has 1 aromatic carbocycles. The Morgan fingerprint density at radius 1 is 1.21 bits per heavy atom. The zero-order chi connectivity index (χ0) is 14.1. The summed E-state index contributed by atoms with van der Waals surface area (Å²) >= 11 is 0. The summed E-state index contributed by atoms with van der Waals surface area (Å²) in [5, 5.41) is 0. The van der Waals surface area contributed by atoms with E-state index >= 15 is 0 Å². The van der Waals surface area contributed by atoms with E-state index in [9.17, 15) is 0 Å². The lowest BCUT2D eigenvalue weighted by Crippen LogP contribution is -2.33. The summed E-state index contributed by atoms with van der Waals surface area (Å²) in [6.45, 7) is 7.42. The molecule has 0 heterocycles. The topological polar surface area (TPSA) is 35.2 Å². The second kappa shape index (κ2) is 5.16. The minimum absolute atomic E-state index is 0.0930. The van der Waals surface area contributed by atoms with Gasteiger partial charge in [0.2, 0.25) is 0 Å². The zero-order valence-electron chi connectivity index (χ0n) is 12.8.